The second-order valence-electron chi connectivity index (χ2n) is 11.0. The summed E-state index contributed by atoms with van der Waals surface area (Å²) in [5.74, 6) is 0.914. The zero-order chi connectivity index (χ0) is 23.8. The molecule has 3 rings (SSSR count). The van der Waals surface area contributed by atoms with Crippen molar-refractivity contribution in [3.05, 3.63) is 60.2 Å². The highest BCUT2D eigenvalue weighted by molar-refractivity contribution is 6.90. The highest BCUT2D eigenvalue weighted by Gasteiger charge is 2.54. The first-order valence-corrected chi connectivity index (χ1v) is 23.4. The molecule has 0 spiro atoms. The van der Waals surface area contributed by atoms with Crippen LogP contribution in [0.2, 0.25) is 58.9 Å². The lowest BCUT2D eigenvalue weighted by Gasteiger charge is -2.50. The maximum Gasteiger partial charge on any atom is 0.344 e. The van der Waals surface area contributed by atoms with E-state index in [1.165, 1.54) is 0 Å². The first-order valence-electron chi connectivity index (χ1n) is 11.3. The van der Waals surface area contributed by atoms with Gasteiger partial charge in [-0.1, -0.05) is 36.4 Å². The number of fused-ring (bicyclic) bond motifs is 1. The van der Waals surface area contributed by atoms with Crippen LogP contribution in [0.25, 0.3) is 0 Å². The Hall–Kier alpha value is -1.21. The second-order valence-corrected chi connectivity index (χ2v) is 27.2. The molecule has 2 aromatic rings. The number of benzene rings is 2. The average molecular weight is 506 g/mol. The minimum absolute atomic E-state index is 0.0430. The van der Waals surface area contributed by atoms with Gasteiger partial charge in [0.05, 0.1) is 0 Å². The summed E-state index contributed by atoms with van der Waals surface area (Å²) in [7, 11) is -9.02. The zero-order valence-electron chi connectivity index (χ0n) is 21.1. The van der Waals surface area contributed by atoms with Crippen LogP contribution in [0.4, 0.5) is 5.69 Å². The zero-order valence-corrected chi connectivity index (χ0v) is 25.1. The Kier molecular flexibility index (Phi) is 7.31. The van der Waals surface area contributed by atoms with E-state index in [1.807, 2.05) is 12.1 Å². The summed E-state index contributed by atoms with van der Waals surface area (Å²) in [6.07, 6.45) is 0. The molecule has 0 aromatic heterocycles. The third kappa shape index (κ3) is 6.43. The maximum atomic E-state index is 7.13. The Balaban J connectivity index is 2.14. The monoisotopic (exact) mass is 505 g/mol. The Morgan fingerprint density at radius 3 is 1.88 bits per heavy atom. The van der Waals surface area contributed by atoms with Crippen molar-refractivity contribution >= 4 is 39.4 Å². The molecule has 176 valence electrons. The van der Waals surface area contributed by atoms with E-state index in [0.29, 0.717) is 6.73 Å². The van der Waals surface area contributed by atoms with Gasteiger partial charge in [0.1, 0.15) is 11.4 Å². The van der Waals surface area contributed by atoms with Crippen molar-refractivity contribution in [1.29, 1.82) is 0 Å². The molecule has 2 atom stereocenters. The first-order chi connectivity index (χ1) is 14.7. The molecule has 0 aliphatic carbocycles. The summed E-state index contributed by atoms with van der Waals surface area (Å²) in [6.45, 7) is 20.4. The van der Waals surface area contributed by atoms with Gasteiger partial charge in [-0.3, -0.25) is 0 Å². The number of para-hydroxylation sites is 2. The van der Waals surface area contributed by atoms with Crippen LogP contribution in [0.15, 0.2) is 54.6 Å². The molecule has 32 heavy (non-hydrogen) atoms. The molecule has 1 heterocycles. The highest BCUT2D eigenvalue weighted by atomic mass is 28.5. The Morgan fingerprint density at radius 2 is 1.28 bits per heavy atom. The van der Waals surface area contributed by atoms with Gasteiger partial charge >= 0.3 is 17.1 Å². The molecule has 2 unspecified atom stereocenters. The van der Waals surface area contributed by atoms with Crippen molar-refractivity contribution in [2.75, 3.05) is 11.6 Å². The molecule has 0 saturated heterocycles. The molecule has 1 aliphatic rings. The van der Waals surface area contributed by atoms with Crippen molar-refractivity contribution in [1.82, 2.24) is 0 Å². The van der Waals surface area contributed by atoms with Crippen molar-refractivity contribution < 1.29 is 17.1 Å². The van der Waals surface area contributed by atoms with Crippen molar-refractivity contribution in [2.24, 2.45) is 0 Å². The fourth-order valence-corrected chi connectivity index (χ4v) is 22.9. The van der Waals surface area contributed by atoms with Crippen LogP contribution < -0.4 is 9.64 Å². The summed E-state index contributed by atoms with van der Waals surface area (Å²) in [4.78, 5) is 2.31. The average Bonchev–Trinajstić information content (AvgIpc) is 2.63. The van der Waals surface area contributed by atoms with Gasteiger partial charge in [-0.05, 0) is 77.1 Å². The first kappa shape index (κ1) is 25.4. The van der Waals surface area contributed by atoms with Crippen LogP contribution in [-0.4, -0.2) is 40.5 Å². The molecule has 0 N–H and O–H groups in total. The number of ether oxygens (including phenoxy) is 1. The van der Waals surface area contributed by atoms with Crippen molar-refractivity contribution in [3.8, 4) is 5.75 Å². The van der Waals surface area contributed by atoms with Crippen LogP contribution in [0.3, 0.4) is 0 Å². The Labute approximate surface area is 198 Å². The Morgan fingerprint density at radius 1 is 0.719 bits per heavy atom. The minimum Gasteiger partial charge on any atom is -0.473 e. The molecular formula is C23H39NO4Si4. The van der Waals surface area contributed by atoms with Gasteiger partial charge in [0.2, 0.25) is 0 Å². The lowest BCUT2D eigenvalue weighted by Crippen LogP contribution is -2.64. The second kappa shape index (κ2) is 9.20. The number of rotatable bonds is 8. The van der Waals surface area contributed by atoms with Crippen molar-refractivity contribution in [2.45, 2.75) is 64.6 Å². The number of hydrogen-bond donors (Lipinski definition) is 0. The topological polar surface area (TPSA) is 40.2 Å². The number of nitrogens with zero attached hydrogens (tertiary/aromatic N) is 1. The van der Waals surface area contributed by atoms with Crippen LogP contribution in [0.1, 0.15) is 11.2 Å². The lowest BCUT2D eigenvalue weighted by molar-refractivity contribution is 0.255. The third-order valence-corrected chi connectivity index (χ3v) is 18.7. The summed E-state index contributed by atoms with van der Waals surface area (Å²) >= 11 is 0. The molecule has 5 nitrogen and oxygen atoms in total. The van der Waals surface area contributed by atoms with E-state index in [-0.39, 0.29) is 5.67 Å². The predicted octanol–water partition coefficient (Wildman–Crippen LogP) is 6.62. The molecular weight excluding hydrogens is 467 g/mol. The number of anilines is 1. The van der Waals surface area contributed by atoms with E-state index in [9.17, 15) is 0 Å². The van der Waals surface area contributed by atoms with E-state index in [2.05, 4.69) is 106 Å². The van der Waals surface area contributed by atoms with Gasteiger partial charge in [-0.25, -0.2) is 0 Å². The van der Waals surface area contributed by atoms with E-state index in [4.69, 9.17) is 17.1 Å². The molecule has 0 radical (unpaired) electrons. The standard InChI is InChI=1S/C23H39NO4Si4/c1-29(2,3)26-31(7,8)28-32(9,27-30(4,5)6)23-21-17-13-14-18-22(21)25-19-24(23)20-15-11-10-12-16-20/h10-18,23H,19H2,1-9H3. The van der Waals surface area contributed by atoms with Gasteiger partial charge in [-0.2, -0.15) is 0 Å². The summed E-state index contributed by atoms with van der Waals surface area (Å²) in [6, 6.07) is 18.8. The Bertz CT molecular complexity index is 914. The smallest absolute Gasteiger partial charge is 0.344 e. The molecule has 2 aromatic carbocycles. The molecule has 9 heteroatoms. The summed E-state index contributed by atoms with van der Waals surface area (Å²) in [5, 5.41) is 0. The van der Waals surface area contributed by atoms with E-state index in [1.54, 1.807) is 0 Å². The lowest BCUT2D eigenvalue weighted by atomic mass is 10.1. The SMILES string of the molecule is C[Si](C)(C)O[Si](C)(C)O[Si](C)(O[Si](C)(C)C)C1c2ccccc2OCN1c1ccccc1. The fraction of sp³-hybridized carbons (Fsp3) is 0.478. The minimum atomic E-state index is -2.85. The number of hydrogen-bond acceptors (Lipinski definition) is 5. The quantitative estimate of drug-likeness (QED) is 0.377. The molecule has 0 bridgehead atoms. The van der Waals surface area contributed by atoms with Gasteiger partial charge in [-0.15, -0.1) is 0 Å². The van der Waals surface area contributed by atoms with Crippen LogP contribution >= 0.6 is 0 Å². The van der Waals surface area contributed by atoms with E-state index < -0.39 is 33.8 Å². The van der Waals surface area contributed by atoms with Gasteiger partial charge in [0.15, 0.2) is 23.4 Å². The van der Waals surface area contributed by atoms with Gasteiger partial charge < -0.3 is 22.0 Å². The van der Waals surface area contributed by atoms with E-state index >= 15 is 0 Å². The summed E-state index contributed by atoms with van der Waals surface area (Å²) < 4.78 is 27.0. The summed E-state index contributed by atoms with van der Waals surface area (Å²) in [5.41, 5.74) is 2.20. The largest absolute Gasteiger partial charge is 0.473 e. The maximum absolute atomic E-state index is 7.13. The normalized spacial score (nSPS) is 19.2. The fourth-order valence-electron chi connectivity index (χ4n) is 4.61. The van der Waals surface area contributed by atoms with Gasteiger partial charge in [0, 0.05) is 11.3 Å². The molecule has 0 amide bonds. The molecule has 0 saturated carbocycles. The van der Waals surface area contributed by atoms with Crippen LogP contribution in [0.5, 0.6) is 5.75 Å². The van der Waals surface area contributed by atoms with Crippen LogP contribution in [-0.2, 0) is 12.3 Å². The molecule has 1 aliphatic heterocycles. The highest BCUT2D eigenvalue weighted by Crippen LogP contribution is 2.44. The van der Waals surface area contributed by atoms with Crippen LogP contribution in [0, 0.1) is 0 Å². The third-order valence-electron chi connectivity index (χ3n) is 4.98. The van der Waals surface area contributed by atoms with Crippen molar-refractivity contribution in [3.63, 3.8) is 0 Å². The molecule has 0 fully saturated rings. The van der Waals surface area contributed by atoms with Gasteiger partial charge in [0.25, 0.3) is 0 Å². The van der Waals surface area contributed by atoms with E-state index in [0.717, 1.165) is 17.0 Å². The predicted molar refractivity (Wildman–Crippen MR) is 143 cm³/mol.